The van der Waals surface area contributed by atoms with Crippen LogP contribution < -0.4 is 15.8 Å². The maximum atomic E-state index is 13.5. The summed E-state index contributed by atoms with van der Waals surface area (Å²) in [7, 11) is 0. The molecule has 1 spiro atoms. The number of hydrogen-bond donors (Lipinski definition) is 3. The number of carbonyl (C=O) groups is 1. The van der Waals surface area contributed by atoms with Crippen LogP contribution in [0.2, 0.25) is 0 Å². The Morgan fingerprint density at radius 1 is 1.52 bits per heavy atom. The van der Waals surface area contributed by atoms with Crippen molar-refractivity contribution < 1.29 is 19.0 Å². The molecule has 4 N–H and O–H groups in total. The summed E-state index contributed by atoms with van der Waals surface area (Å²) in [6.45, 7) is 1.93. The SMILES string of the molecule is CC(COc1ccccc1F)NC(=O)[C@@]1(N)C[C@H](O)C12CCC2. The Morgan fingerprint density at radius 3 is 2.78 bits per heavy atom. The van der Waals surface area contributed by atoms with Crippen LogP contribution >= 0.6 is 0 Å². The molecule has 0 bridgehead atoms. The topological polar surface area (TPSA) is 84.6 Å². The molecule has 1 aromatic rings. The van der Waals surface area contributed by atoms with Gasteiger partial charge in [-0.2, -0.15) is 0 Å². The van der Waals surface area contributed by atoms with E-state index in [9.17, 15) is 14.3 Å². The third kappa shape index (κ3) is 2.50. The lowest BCUT2D eigenvalue weighted by Crippen LogP contribution is -2.79. The van der Waals surface area contributed by atoms with Crippen molar-refractivity contribution in [2.45, 2.75) is 50.3 Å². The number of halogens is 1. The fraction of sp³-hybridized carbons (Fsp3) is 0.588. The Morgan fingerprint density at radius 2 is 2.22 bits per heavy atom. The summed E-state index contributed by atoms with van der Waals surface area (Å²) >= 11 is 0. The summed E-state index contributed by atoms with van der Waals surface area (Å²) in [5.41, 5.74) is 4.83. The van der Waals surface area contributed by atoms with Crippen molar-refractivity contribution in [2.24, 2.45) is 11.1 Å². The summed E-state index contributed by atoms with van der Waals surface area (Å²) < 4.78 is 18.9. The van der Waals surface area contributed by atoms with Crippen molar-refractivity contribution in [2.75, 3.05) is 6.61 Å². The molecule has 126 valence electrons. The van der Waals surface area contributed by atoms with Gasteiger partial charge in [0.2, 0.25) is 5.91 Å². The molecule has 6 heteroatoms. The fourth-order valence-corrected chi connectivity index (χ4v) is 3.70. The second-order valence-corrected chi connectivity index (χ2v) is 6.82. The lowest BCUT2D eigenvalue weighted by atomic mass is 9.44. The molecule has 1 amide bonds. The van der Waals surface area contributed by atoms with Gasteiger partial charge < -0.3 is 20.9 Å². The zero-order chi connectivity index (χ0) is 16.7. The van der Waals surface area contributed by atoms with Gasteiger partial charge in [0, 0.05) is 11.8 Å². The van der Waals surface area contributed by atoms with E-state index >= 15 is 0 Å². The van der Waals surface area contributed by atoms with Crippen LogP contribution in [0.1, 0.15) is 32.6 Å². The number of nitrogens with two attached hydrogens (primary N) is 1. The Kier molecular flexibility index (Phi) is 4.06. The highest BCUT2D eigenvalue weighted by atomic mass is 19.1. The predicted molar refractivity (Wildman–Crippen MR) is 83.3 cm³/mol. The van der Waals surface area contributed by atoms with Gasteiger partial charge in [0.25, 0.3) is 0 Å². The molecule has 3 atom stereocenters. The molecule has 0 radical (unpaired) electrons. The van der Waals surface area contributed by atoms with Gasteiger partial charge in [-0.15, -0.1) is 0 Å². The highest BCUT2D eigenvalue weighted by Gasteiger charge is 2.69. The number of aliphatic hydroxyl groups is 1. The fourth-order valence-electron chi connectivity index (χ4n) is 3.70. The van der Waals surface area contributed by atoms with Crippen LogP contribution in [0, 0.1) is 11.2 Å². The standard InChI is InChI=1S/C17H23FN2O3/c1-11(10-23-13-6-3-2-5-12(13)18)20-15(22)17(19)9-14(21)16(17)7-4-8-16/h2-3,5-6,11,14,21H,4,7-10,19H2,1H3,(H,20,22)/t11?,14-,17-/m0/s1. The summed E-state index contributed by atoms with van der Waals surface area (Å²) in [6.07, 6.45) is 2.38. The highest BCUT2D eigenvalue weighted by Crippen LogP contribution is 2.60. The summed E-state index contributed by atoms with van der Waals surface area (Å²) in [4.78, 5) is 12.5. The van der Waals surface area contributed by atoms with E-state index in [1.165, 1.54) is 6.07 Å². The van der Waals surface area contributed by atoms with E-state index in [0.29, 0.717) is 6.42 Å². The third-order valence-electron chi connectivity index (χ3n) is 5.40. The van der Waals surface area contributed by atoms with Gasteiger partial charge in [0.15, 0.2) is 11.6 Å². The number of nitrogens with one attached hydrogen (secondary N) is 1. The molecule has 1 aromatic carbocycles. The van der Waals surface area contributed by atoms with Crippen molar-refractivity contribution >= 4 is 5.91 Å². The molecule has 1 unspecified atom stereocenters. The smallest absolute Gasteiger partial charge is 0.241 e. The van der Waals surface area contributed by atoms with Crippen molar-refractivity contribution in [3.05, 3.63) is 30.1 Å². The largest absolute Gasteiger partial charge is 0.488 e. The predicted octanol–water partition coefficient (Wildman–Crippen LogP) is 1.34. The van der Waals surface area contributed by atoms with Crippen LogP contribution in [0.3, 0.4) is 0 Å². The molecule has 2 fully saturated rings. The minimum atomic E-state index is -1.00. The first kappa shape index (κ1) is 16.2. The van der Waals surface area contributed by atoms with Gasteiger partial charge in [-0.1, -0.05) is 18.6 Å². The average molecular weight is 322 g/mol. The van der Waals surface area contributed by atoms with Crippen molar-refractivity contribution in [1.82, 2.24) is 5.32 Å². The first-order valence-electron chi connectivity index (χ1n) is 8.04. The van der Waals surface area contributed by atoms with Crippen LogP contribution in [-0.2, 0) is 4.79 Å². The molecule has 0 aliphatic heterocycles. The van der Waals surface area contributed by atoms with Crippen LogP contribution in [0.15, 0.2) is 24.3 Å². The van der Waals surface area contributed by atoms with Gasteiger partial charge in [0.1, 0.15) is 12.1 Å². The van der Waals surface area contributed by atoms with E-state index < -0.39 is 22.9 Å². The number of para-hydroxylation sites is 1. The molecule has 2 aliphatic rings. The molecule has 2 saturated carbocycles. The molecule has 0 aromatic heterocycles. The van der Waals surface area contributed by atoms with Gasteiger partial charge in [-0.25, -0.2) is 4.39 Å². The number of benzene rings is 1. The zero-order valence-electron chi connectivity index (χ0n) is 13.2. The number of amides is 1. The first-order chi connectivity index (χ1) is 10.9. The van der Waals surface area contributed by atoms with E-state index in [-0.39, 0.29) is 24.3 Å². The van der Waals surface area contributed by atoms with Crippen molar-refractivity contribution in [3.8, 4) is 5.75 Å². The normalized spacial score (nSPS) is 29.3. The Hall–Kier alpha value is -1.66. The number of carbonyl (C=O) groups excluding carboxylic acids is 1. The van der Waals surface area contributed by atoms with Gasteiger partial charge in [-0.3, -0.25) is 4.79 Å². The molecule has 0 saturated heterocycles. The van der Waals surface area contributed by atoms with Crippen LogP contribution in [-0.4, -0.2) is 35.3 Å². The van der Waals surface area contributed by atoms with Gasteiger partial charge >= 0.3 is 0 Å². The molecule has 3 rings (SSSR count). The maximum absolute atomic E-state index is 13.5. The summed E-state index contributed by atoms with van der Waals surface area (Å²) in [5.74, 6) is -0.533. The van der Waals surface area contributed by atoms with E-state index in [0.717, 1.165) is 19.3 Å². The Balaban J connectivity index is 1.55. The lowest BCUT2D eigenvalue weighted by Gasteiger charge is -2.64. The summed E-state index contributed by atoms with van der Waals surface area (Å²) in [6, 6.07) is 5.83. The van der Waals surface area contributed by atoms with Crippen molar-refractivity contribution in [1.29, 1.82) is 0 Å². The summed E-state index contributed by atoms with van der Waals surface area (Å²) in [5, 5.41) is 12.8. The van der Waals surface area contributed by atoms with E-state index in [1.807, 2.05) is 0 Å². The minimum Gasteiger partial charge on any atom is -0.488 e. The third-order valence-corrected chi connectivity index (χ3v) is 5.40. The van der Waals surface area contributed by atoms with E-state index in [4.69, 9.17) is 10.5 Å². The zero-order valence-corrected chi connectivity index (χ0v) is 13.2. The Bertz CT molecular complexity index is 605. The monoisotopic (exact) mass is 322 g/mol. The quantitative estimate of drug-likeness (QED) is 0.764. The van der Waals surface area contributed by atoms with E-state index in [2.05, 4.69) is 5.32 Å². The molecular weight excluding hydrogens is 299 g/mol. The minimum absolute atomic E-state index is 0.151. The van der Waals surface area contributed by atoms with Crippen LogP contribution in [0.4, 0.5) is 4.39 Å². The molecule has 5 nitrogen and oxygen atoms in total. The highest BCUT2D eigenvalue weighted by molar-refractivity contribution is 5.89. The maximum Gasteiger partial charge on any atom is 0.241 e. The van der Waals surface area contributed by atoms with Gasteiger partial charge in [0.05, 0.1) is 12.1 Å². The number of rotatable bonds is 5. The number of aliphatic hydroxyl groups excluding tert-OH is 1. The van der Waals surface area contributed by atoms with E-state index in [1.54, 1.807) is 25.1 Å². The van der Waals surface area contributed by atoms with Crippen LogP contribution in [0.25, 0.3) is 0 Å². The molecule has 0 heterocycles. The average Bonchev–Trinajstić information content (AvgIpc) is 2.44. The first-order valence-corrected chi connectivity index (χ1v) is 8.04. The van der Waals surface area contributed by atoms with Crippen molar-refractivity contribution in [3.63, 3.8) is 0 Å². The lowest BCUT2D eigenvalue weighted by molar-refractivity contribution is -0.193. The Labute approximate surface area is 135 Å². The van der Waals surface area contributed by atoms with Gasteiger partial charge in [-0.05, 0) is 31.9 Å². The number of hydrogen-bond acceptors (Lipinski definition) is 4. The molecule has 23 heavy (non-hydrogen) atoms. The molecule has 2 aliphatic carbocycles. The second-order valence-electron chi connectivity index (χ2n) is 6.82. The molecular formula is C17H23FN2O3. The second kappa shape index (κ2) is 5.76. The number of ether oxygens (including phenoxy) is 1. The van der Waals surface area contributed by atoms with Crippen LogP contribution in [0.5, 0.6) is 5.75 Å².